The molecule has 0 bridgehead atoms. The van der Waals surface area contributed by atoms with E-state index in [4.69, 9.17) is 4.74 Å². The molecule has 3 aromatic rings. The molecule has 2 amide bonds. The third-order valence-corrected chi connectivity index (χ3v) is 6.52. The Bertz CT molecular complexity index is 1240. The summed E-state index contributed by atoms with van der Waals surface area (Å²) < 4.78 is 20.0. The minimum Gasteiger partial charge on any atom is -0.379 e. The maximum atomic E-state index is 13.2. The molecule has 184 valence electrons. The lowest BCUT2D eigenvalue weighted by atomic mass is 10.2. The van der Waals surface area contributed by atoms with Crippen molar-refractivity contribution in [2.24, 2.45) is 0 Å². The summed E-state index contributed by atoms with van der Waals surface area (Å²) in [4.78, 5) is 44.5. The Kier molecular flexibility index (Phi) is 8.45. The molecule has 1 fully saturated rings. The van der Waals surface area contributed by atoms with Gasteiger partial charge in [0.15, 0.2) is 5.16 Å². The molecule has 9 nitrogen and oxygen atoms in total. The van der Waals surface area contributed by atoms with Crippen molar-refractivity contribution in [3.05, 3.63) is 70.3 Å². The van der Waals surface area contributed by atoms with Crippen LogP contribution in [0, 0.1) is 5.82 Å². The molecule has 0 aliphatic carbocycles. The largest absolute Gasteiger partial charge is 0.379 e. The maximum Gasteiger partial charge on any atom is 0.269 e. The summed E-state index contributed by atoms with van der Waals surface area (Å²) in [7, 11) is 0. The van der Waals surface area contributed by atoms with Crippen LogP contribution in [0.5, 0.6) is 0 Å². The van der Waals surface area contributed by atoms with Crippen LogP contribution in [0.25, 0.3) is 10.9 Å². The first kappa shape index (κ1) is 24.8. The van der Waals surface area contributed by atoms with Crippen LogP contribution < -0.4 is 16.4 Å². The van der Waals surface area contributed by atoms with E-state index in [1.54, 1.807) is 22.8 Å². The van der Waals surface area contributed by atoms with Gasteiger partial charge in [-0.25, -0.2) is 9.37 Å². The van der Waals surface area contributed by atoms with Gasteiger partial charge in [-0.15, -0.1) is 0 Å². The van der Waals surface area contributed by atoms with Gasteiger partial charge in [-0.3, -0.25) is 34.7 Å². The van der Waals surface area contributed by atoms with E-state index in [-0.39, 0.29) is 16.9 Å². The fraction of sp³-hybridized carbons (Fsp3) is 0.333. The number of amides is 2. The number of carbonyl (C=O) groups is 2. The number of carbonyl (C=O) groups excluding carboxylic acids is 2. The molecule has 0 spiro atoms. The number of ether oxygens (including phenoxy) is 1. The van der Waals surface area contributed by atoms with Crippen LogP contribution in [0.3, 0.4) is 0 Å². The monoisotopic (exact) mass is 499 g/mol. The molecule has 0 unspecified atom stereocenters. The van der Waals surface area contributed by atoms with Crippen LogP contribution in [0.1, 0.15) is 16.8 Å². The predicted molar refractivity (Wildman–Crippen MR) is 131 cm³/mol. The molecule has 1 aliphatic heterocycles. The lowest BCUT2D eigenvalue weighted by Crippen LogP contribution is -2.42. The molecule has 0 radical (unpaired) electrons. The Morgan fingerprint density at radius 1 is 1.03 bits per heavy atom. The minimum atomic E-state index is -0.563. The maximum absolute atomic E-state index is 13.2. The number of aromatic nitrogens is 2. The highest BCUT2D eigenvalue weighted by Crippen LogP contribution is 2.18. The van der Waals surface area contributed by atoms with E-state index in [9.17, 15) is 18.8 Å². The fourth-order valence-electron chi connectivity index (χ4n) is 3.70. The van der Waals surface area contributed by atoms with Crippen LogP contribution in [-0.2, 0) is 16.1 Å². The van der Waals surface area contributed by atoms with Gasteiger partial charge < -0.3 is 4.74 Å². The van der Waals surface area contributed by atoms with E-state index in [0.29, 0.717) is 35.8 Å². The second kappa shape index (κ2) is 11.9. The Hall–Kier alpha value is -3.28. The van der Waals surface area contributed by atoms with Crippen molar-refractivity contribution < 1.29 is 18.7 Å². The molecule has 2 heterocycles. The van der Waals surface area contributed by atoms with Gasteiger partial charge in [0.05, 0.1) is 29.9 Å². The number of fused-ring (bicyclic) bond motifs is 1. The summed E-state index contributed by atoms with van der Waals surface area (Å²) in [5, 5.41) is 0.968. The number of para-hydroxylation sites is 1. The van der Waals surface area contributed by atoms with Crippen LogP contribution in [0.4, 0.5) is 4.39 Å². The van der Waals surface area contributed by atoms with Crippen molar-refractivity contribution in [2.75, 3.05) is 38.6 Å². The van der Waals surface area contributed by atoms with Gasteiger partial charge in [-0.2, -0.15) is 0 Å². The Balaban J connectivity index is 1.39. The number of hydrazine groups is 1. The van der Waals surface area contributed by atoms with Crippen molar-refractivity contribution in [3.63, 3.8) is 0 Å². The molecule has 35 heavy (non-hydrogen) atoms. The summed E-state index contributed by atoms with van der Waals surface area (Å²) in [5.41, 5.74) is 5.27. The number of nitrogens with one attached hydrogen (secondary N) is 2. The SMILES string of the molecule is O=C(CSc1nc2ccccc2c(=O)n1CCCN1CCOCC1)NNC(=O)c1ccc(F)cc1. The van der Waals surface area contributed by atoms with Crippen molar-refractivity contribution >= 4 is 34.5 Å². The van der Waals surface area contributed by atoms with E-state index in [2.05, 4.69) is 20.7 Å². The quantitative estimate of drug-likeness (QED) is 0.277. The molecule has 2 aromatic carbocycles. The van der Waals surface area contributed by atoms with Gasteiger partial charge in [0, 0.05) is 31.7 Å². The lowest BCUT2D eigenvalue weighted by molar-refractivity contribution is -0.119. The number of morpholine rings is 1. The highest BCUT2D eigenvalue weighted by molar-refractivity contribution is 7.99. The first-order valence-electron chi connectivity index (χ1n) is 11.3. The molecule has 2 N–H and O–H groups in total. The average molecular weight is 500 g/mol. The highest BCUT2D eigenvalue weighted by atomic mass is 32.2. The number of rotatable bonds is 8. The normalized spacial score (nSPS) is 14.1. The van der Waals surface area contributed by atoms with E-state index in [1.807, 2.05) is 6.07 Å². The molecule has 1 aliphatic rings. The number of hydrogen-bond acceptors (Lipinski definition) is 7. The first-order valence-corrected chi connectivity index (χ1v) is 12.3. The average Bonchev–Trinajstić information content (AvgIpc) is 2.88. The number of benzene rings is 2. The number of halogens is 1. The summed E-state index contributed by atoms with van der Waals surface area (Å²) in [6.45, 7) is 4.48. The molecular weight excluding hydrogens is 473 g/mol. The molecule has 0 saturated carbocycles. The smallest absolute Gasteiger partial charge is 0.269 e. The Labute approximate surface area is 205 Å². The molecule has 0 atom stereocenters. The summed E-state index contributed by atoms with van der Waals surface area (Å²) in [6.07, 6.45) is 0.757. The van der Waals surface area contributed by atoms with Gasteiger partial charge in [0.2, 0.25) is 5.91 Å². The van der Waals surface area contributed by atoms with Crippen LogP contribution in [0.2, 0.25) is 0 Å². The zero-order valence-corrected chi connectivity index (χ0v) is 19.9. The zero-order valence-electron chi connectivity index (χ0n) is 19.0. The topological polar surface area (TPSA) is 106 Å². The minimum absolute atomic E-state index is 0.0576. The van der Waals surface area contributed by atoms with Crippen LogP contribution >= 0.6 is 11.8 Å². The highest BCUT2D eigenvalue weighted by Gasteiger charge is 2.15. The molecular formula is C24H26FN5O4S. The van der Waals surface area contributed by atoms with Crippen LogP contribution in [0.15, 0.2) is 58.5 Å². The molecule has 4 rings (SSSR count). The predicted octanol–water partition coefficient (Wildman–Crippen LogP) is 1.81. The summed E-state index contributed by atoms with van der Waals surface area (Å²) in [6, 6.07) is 12.1. The Morgan fingerprint density at radius 3 is 2.54 bits per heavy atom. The van der Waals surface area contributed by atoms with Crippen molar-refractivity contribution in [3.8, 4) is 0 Å². The third kappa shape index (κ3) is 6.65. The van der Waals surface area contributed by atoms with E-state index >= 15 is 0 Å². The zero-order chi connectivity index (χ0) is 24.6. The van der Waals surface area contributed by atoms with Crippen molar-refractivity contribution in [1.29, 1.82) is 0 Å². The fourth-order valence-corrected chi connectivity index (χ4v) is 4.52. The van der Waals surface area contributed by atoms with Gasteiger partial charge >= 0.3 is 0 Å². The van der Waals surface area contributed by atoms with Gasteiger partial charge in [-0.05, 0) is 42.8 Å². The van der Waals surface area contributed by atoms with Gasteiger partial charge in [-0.1, -0.05) is 23.9 Å². The standard InChI is InChI=1S/C24H26FN5O4S/c25-18-8-6-17(7-9-18)22(32)28-27-21(31)16-35-24-26-20-5-2-1-4-19(20)23(33)30(24)11-3-10-29-12-14-34-15-13-29/h1-2,4-9H,3,10-16H2,(H,27,31)(H,28,32). The van der Waals surface area contributed by atoms with Gasteiger partial charge in [0.25, 0.3) is 11.5 Å². The molecule has 1 saturated heterocycles. The van der Waals surface area contributed by atoms with Crippen LogP contribution in [-0.4, -0.2) is 64.9 Å². The molecule has 11 heteroatoms. The van der Waals surface area contributed by atoms with E-state index < -0.39 is 17.6 Å². The number of thioether (sulfide) groups is 1. The lowest BCUT2D eigenvalue weighted by Gasteiger charge is -2.26. The van der Waals surface area contributed by atoms with Gasteiger partial charge in [0.1, 0.15) is 5.82 Å². The number of hydrogen-bond donors (Lipinski definition) is 2. The summed E-state index contributed by atoms with van der Waals surface area (Å²) >= 11 is 1.12. The van der Waals surface area contributed by atoms with Crippen molar-refractivity contribution in [2.45, 2.75) is 18.1 Å². The second-order valence-corrected chi connectivity index (χ2v) is 8.92. The van der Waals surface area contributed by atoms with E-state index in [0.717, 1.165) is 49.9 Å². The second-order valence-electron chi connectivity index (χ2n) is 7.97. The van der Waals surface area contributed by atoms with E-state index in [1.165, 1.54) is 12.1 Å². The third-order valence-electron chi connectivity index (χ3n) is 5.54. The first-order chi connectivity index (χ1) is 17.0. The molecule has 1 aromatic heterocycles. The Morgan fingerprint density at radius 2 is 1.77 bits per heavy atom. The van der Waals surface area contributed by atoms with Crippen molar-refractivity contribution in [1.82, 2.24) is 25.3 Å². The summed E-state index contributed by atoms with van der Waals surface area (Å²) in [5.74, 6) is -1.54. The number of nitrogens with zero attached hydrogens (tertiary/aromatic N) is 3.